The third-order valence-corrected chi connectivity index (χ3v) is 3.83. The number of hydrogen-bond donors (Lipinski definition) is 1. The van der Waals surface area contributed by atoms with E-state index in [9.17, 15) is 0 Å². The molecule has 0 heterocycles. The summed E-state index contributed by atoms with van der Waals surface area (Å²) >= 11 is 5.95. The molecule has 2 nitrogen and oxygen atoms in total. The van der Waals surface area contributed by atoms with Crippen LogP contribution in [0.15, 0.2) is 54.6 Å². The van der Waals surface area contributed by atoms with Crippen molar-refractivity contribution in [1.29, 1.82) is 0 Å². The third-order valence-electron chi connectivity index (χ3n) is 3.58. The van der Waals surface area contributed by atoms with Gasteiger partial charge in [0.2, 0.25) is 0 Å². The second kappa shape index (κ2) is 8.18. The molecule has 0 aromatic heterocycles. The molecule has 0 radical (unpaired) electrons. The van der Waals surface area contributed by atoms with Gasteiger partial charge in [-0.2, -0.15) is 0 Å². The van der Waals surface area contributed by atoms with E-state index in [2.05, 4.69) is 41.7 Å². The first-order valence-corrected chi connectivity index (χ1v) is 7.70. The quantitative estimate of drug-likeness (QED) is 0.825. The van der Waals surface area contributed by atoms with E-state index in [-0.39, 0.29) is 12.1 Å². The minimum Gasteiger partial charge on any atom is -0.372 e. The highest BCUT2D eigenvalue weighted by molar-refractivity contribution is 6.30. The fourth-order valence-corrected chi connectivity index (χ4v) is 2.63. The smallest absolute Gasteiger partial charge is 0.0980 e. The molecule has 2 aromatic carbocycles. The first-order chi connectivity index (χ1) is 10.2. The van der Waals surface area contributed by atoms with Crippen molar-refractivity contribution >= 4 is 11.6 Å². The monoisotopic (exact) mass is 303 g/mol. The summed E-state index contributed by atoms with van der Waals surface area (Å²) in [5, 5.41) is 4.16. The minimum absolute atomic E-state index is 0.0388. The minimum atomic E-state index is 0.0388. The van der Waals surface area contributed by atoms with Crippen molar-refractivity contribution in [1.82, 2.24) is 5.32 Å². The topological polar surface area (TPSA) is 21.3 Å². The summed E-state index contributed by atoms with van der Waals surface area (Å²) in [6.45, 7) is 2.73. The van der Waals surface area contributed by atoms with E-state index in [1.165, 1.54) is 11.1 Å². The first-order valence-electron chi connectivity index (χ1n) is 7.33. The fourth-order valence-electron chi connectivity index (χ4n) is 2.50. The largest absolute Gasteiger partial charge is 0.372 e. The molecule has 0 saturated heterocycles. The predicted octanol–water partition coefficient (Wildman–Crippen LogP) is 4.25. The molecule has 0 aliphatic carbocycles. The third kappa shape index (κ3) is 4.57. The average Bonchev–Trinajstić information content (AvgIpc) is 2.53. The lowest BCUT2D eigenvalue weighted by molar-refractivity contribution is 0.0352. The van der Waals surface area contributed by atoms with Crippen molar-refractivity contribution in [3.05, 3.63) is 70.7 Å². The lowest BCUT2D eigenvalue weighted by atomic mass is 9.96. The van der Waals surface area contributed by atoms with Crippen molar-refractivity contribution in [3.63, 3.8) is 0 Å². The van der Waals surface area contributed by atoms with Crippen LogP contribution >= 0.6 is 11.6 Å². The number of halogens is 1. The molecule has 2 rings (SSSR count). The SMILES string of the molecule is CCOC(c1ccccc1)C(Cc1ccc(Cl)cc1)NC. The summed E-state index contributed by atoms with van der Waals surface area (Å²) in [5.41, 5.74) is 2.45. The van der Waals surface area contributed by atoms with Crippen LogP contribution in [-0.4, -0.2) is 19.7 Å². The van der Waals surface area contributed by atoms with Crippen molar-refractivity contribution < 1.29 is 4.74 Å². The molecule has 0 fully saturated rings. The van der Waals surface area contributed by atoms with E-state index < -0.39 is 0 Å². The number of rotatable bonds is 7. The Kier molecular flexibility index (Phi) is 6.24. The normalized spacial score (nSPS) is 13.9. The van der Waals surface area contributed by atoms with Crippen molar-refractivity contribution in [2.45, 2.75) is 25.5 Å². The van der Waals surface area contributed by atoms with Gasteiger partial charge < -0.3 is 10.1 Å². The molecular formula is C18H22ClNO. The standard InChI is InChI=1S/C18H22ClNO/c1-3-21-18(15-7-5-4-6-8-15)17(20-2)13-14-9-11-16(19)12-10-14/h4-12,17-18,20H,3,13H2,1-2H3. The molecule has 21 heavy (non-hydrogen) atoms. The van der Waals surface area contributed by atoms with Gasteiger partial charge in [-0.15, -0.1) is 0 Å². The van der Waals surface area contributed by atoms with Gasteiger partial charge in [0.1, 0.15) is 0 Å². The zero-order valence-corrected chi connectivity index (χ0v) is 13.3. The highest BCUT2D eigenvalue weighted by Gasteiger charge is 2.22. The van der Waals surface area contributed by atoms with Gasteiger partial charge in [-0.3, -0.25) is 0 Å². The Morgan fingerprint density at radius 3 is 2.29 bits per heavy atom. The maximum atomic E-state index is 5.99. The van der Waals surface area contributed by atoms with E-state index in [0.29, 0.717) is 6.61 Å². The highest BCUT2D eigenvalue weighted by atomic mass is 35.5. The molecule has 112 valence electrons. The van der Waals surface area contributed by atoms with E-state index in [1.54, 1.807) is 0 Å². The van der Waals surface area contributed by atoms with Crippen LogP contribution in [0, 0.1) is 0 Å². The Balaban J connectivity index is 2.17. The van der Waals surface area contributed by atoms with Crippen molar-refractivity contribution in [2.75, 3.05) is 13.7 Å². The molecule has 1 N–H and O–H groups in total. The second-order valence-electron chi connectivity index (χ2n) is 5.01. The fraction of sp³-hybridized carbons (Fsp3) is 0.333. The summed E-state index contributed by atoms with van der Waals surface area (Å²) < 4.78 is 5.99. The molecule has 0 spiro atoms. The van der Waals surface area contributed by atoms with Crippen molar-refractivity contribution in [2.24, 2.45) is 0 Å². The molecule has 2 atom stereocenters. The van der Waals surface area contributed by atoms with Crippen LogP contribution in [0.5, 0.6) is 0 Å². The average molecular weight is 304 g/mol. The zero-order chi connectivity index (χ0) is 15.1. The Hall–Kier alpha value is -1.35. The summed E-state index contributed by atoms with van der Waals surface area (Å²) in [6, 6.07) is 18.6. The molecule has 0 bridgehead atoms. The second-order valence-corrected chi connectivity index (χ2v) is 5.45. The molecule has 0 aliphatic rings. The summed E-state index contributed by atoms with van der Waals surface area (Å²) in [6.07, 6.45) is 0.935. The lowest BCUT2D eigenvalue weighted by Crippen LogP contribution is -2.35. The van der Waals surface area contributed by atoms with Gasteiger partial charge in [0.25, 0.3) is 0 Å². The highest BCUT2D eigenvalue weighted by Crippen LogP contribution is 2.24. The molecule has 0 amide bonds. The Bertz CT molecular complexity index is 527. The van der Waals surface area contributed by atoms with E-state index >= 15 is 0 Å². The summed E-state index contributed by atoms with van der Waals surface area (Å²) in [7, 11) is 1.98. The van der Waals surface area contributed by atoms with E-state index in [1.807, 2.05) is 32.2 Å². The van der Waals surface area contributed by atoms with Crippen LogP contribution in [-0.2, 0) is 11.2 Å². The van der Waals surface area contributed by atoms with Crippen molar-refractivity contribution in [3.8, 4) is 0 Å². The Morgan fingerprint density at radius 1 is 1.05 bits per heavy atom. The van der Waals surface area contributed by atoms with Gasteiger partial charge in [-0.05, 0) is 43.7 Å². The van der Waals surface area contributed by atoms with Gasteiger partial charge in [-0.25, -0.2) is 0 Å². The molecule has 2 unspecified atom stereocenters. The first kappa shape index (κ1) is 16.0. The number of hydrogen-bond acceptors (Lipinski definition) is 2. The summed E-state index contributed by atoms with van der Waals surface area (Å²) in [4.78, 5) is 0. The molecular weight excluding hydrogens is 282 g/mol. The molecule has 0 saturated carbocycles. The van der Waals surface area contributed by atoms with Crippen LogP contribution in [0.3, 0.4) is 0 Å². The number of benzene rings is 2. The van der Waals surface area contributed by atoms with Gasteiger partial charge in [-0.1, -0.05) is 54.1 Å². The van der Waals surface area contributed by atoms with Gasteiger partial charge in [0.15, 0.2) is 0 Å². The Labute approximate surface area is 132 Å². The predicted molar refractivity (Wildman–Crippen MR) is 88.8 cm³/mol. The summed E-state index contributed by atoms with van der Waals surface area (Å²) in [5.74, 6) is 0. The molecule has 0 aliphatic heterocycles. The van der Waals surface area contributed by atoms with E-state index in [4.69, 9.17) is 16.3 Å². The lowest BCUT2D eigenvalue weighted by Gasteiger charge is -2.27. The van der Waals surface area contributed by atoms with Crippen LogP contribution in [0.1, 0.15) is 24.2 Å². The molecule has 3 heteroatoms. The molecule has 2 aromatic rings. The number of nitrogens with one attached hydrogen (secondary N) is 1. The van der Waals surface area contributed by atoms with Crippen LogP contribution in [0.25, 0.3) is 0 Å². The zero-order valence-electron chi connectivity index (χ0n) is 12.6. The van der Waals surface area contributed by atoms with Gasteiger partial charge in [0, 0.05) is 17.7 Å². The van der Waals surface area contributed by atoms with Crippen LogP contribution < -0.4 is 5.32 Å². The maximum absolute atomic E-state index is 5.99. The number of ether oxygens (including phenoxy) is 1. The van der Waals surface area contributed by atoms with Crippen LogP contribution in [0.4, 0.5) is 0 Å². The maximum Gasteiger partial charge on any atom is 0.0980 e. The Morgan fingerprint density at radius 2 is 1.71 bits per heavy atom. The van der Waals surface area contributed by atoms with Gasteiger partial charge in [0.05, 0.1) is 6.10 Å². The van der Waals surface area contributed by atoms with Crippen LogP contribution in [0.2, 0.25) is 5.02 Å². The number of likely N-dealkylation sites (N-methyl/N-ethyl adjacent to an activating group) is 1. The van der Waals surface area contributed by atoms with E-state index in [0.717, 1.165) is 11.4 Å². The van der Waals surface area contributed by atoms with Gasteiger partial charge >= 0.3 is 0 Å².